The van der Waals surface area contributed by atoms with Crippen LogP contribution in [0.2, 0.25) is 5.02 Å². The highest BCUT2D eigenvalue weighted by molar-refractivity contribution is 7.99. The predicted octanol–water partition coefficient (Wildman–Crippen LogP) is 2.18. The maximum Gasteiger partial charge on any atom is 0.268 e. The Morgan fingerprint density at radius 3 is 2.97 bits per heavy atom. The lowest BCUT2D eigenvalue weighted by Gasteiger charge is -2.21. The highest BCUT2D eigenvalue weighted by atomic mass is 35.5. The van der Waals surface area contributed by atoms with Crippen molar-refractivity contribution in [2.75, 3.05) is 26.0 Å². The summed E-state index contributed by atoms with van der Waals surface area (Å²) in [5.41, 5.74) is 1.57. The van der Waals surface area contributed by atoms with Gasteiger partial charge in [0.1, 0.15) is 4.83 Å². The van der Waals surface area contributed by atoms with Crippen molar-refractivity contribution >= 4 is 50.7 Å². The number of aliphatic hydroxyl groups is 2. The molecule has 0 saturated heterocycles. The molecule has 4 aromatic rings. The first-order valence-electron chi connectivity index (χ1n) is 9.78. The molecule has 1 atom stereocenters. The third-order valence-corrected chi connectivity index (χ3v) is 7.86. The summed E-state index contributed by atoms with van der Waals surface area (Å²) in [7, 11) is 2.07. The van der Waals surface area contributed by atoms with E-state index in [2.05, 4.69) is 22.1 Å². The minimum absolute atomic E-state index is 0.133. The first kappa shape index (κ1) is 20.9. The minimum atomic E-state index is -0.864. The van der Waals surface area contributed by atoms with Crippen molar-refractivity contribution in [1.82, 2.24) is 24.1 Å². The van der Waals surface area contributed by atoms with E-state index in [1.807, 2.05) is 10.5 Å². The van der Waals surface area contributed by atoms with Gasteiger partial charge in [-0.3, -0.25) is 4.79 Å². The van der Waals surface area contributed by atoms with Crippen LogP contribution in [0.1, 0.15) is 10.4 Å². The summed E-state index contributed by atoms with van der Waals surface area (Å²) in [6, 6.07) is 7.11. The van der Waals surface area contributed by atoms with Gasteiger partial charge >= 0.3 is 0 Å². The second-order valence-electron chi connectivity index (χ2n) is 7.56. The lowest BCUT2D eigenvalue weighted by atomic mass is 10.1. The maximum atomic E-state index is 13.7. The van der Waals surface area contributed by atoms with Gasteiger partial charge in [0, 0.05) is 28.7 Å². The third-order valence-electron chi connectivity index (χ3n) is 5.35. The van der Waals surface area contributed by atoms with Crippen LogP contribution in [0.5, 0.6) is 0 Å². The molecule has 162 valence electrons. The van der Waals surface area contributed by atoms with Gasteiger partial charge in [0.2, 0.25) is 5.78 Å². The third kappa shape index (κ3) is 3.57. The molecular weight excluding hydrogens is 458 g/mol. The Bertz CT molecular complexity index is 1350. The van der Waals surface area contributed by atoms with E-state index in [9.17, 15) is 15.0 Å². The number of benzene rings is 1. The quantitative estimate of drug-likeness (QED) is 0.425. The van der Waals surface area contributed by atoms with Crippen LogP contribution in [0, 0.1) is 0 Å². The Labute approximate surface area is 190 Å². The van der Waals surface area contributed by atoms with Crippen LogP contribution >= 0.6 is 34.7 Å². The Kier molecular flexibility index (Phi) is 5.53. The Morgan fingerprint density at radius 2 is 2.19 bits per heavy atom. The van der Waals surface area contributed by atoms with Gasteiger partial charge in [0.25, 0.3) is 5.56 Å². The second kappa shape index (κ2) is 8.19. The molecule has 1 aliphatic heterocycles. The average molecular weight is 478 g/mol. The molecule has 0 fully saturated rings. The molecule has 8 nitrogen and oxygen atoms in total. The lowest BCUT2D eigenvalue weighted by molar-refractivity contribution is 0.113. The number of hydrogen-bond acceptors (Lipinski definition) is 8. The Hall–Kier alpha value is -1.95. The number of nitrogens with zero attached hydrogens (tertiary/aromatic N) is 5. The molecule has 0 aliphatic carbocycles. The summed E-state index contributed by atoms with van der Waals surface area (Å²) < 4.78 is 3.44. The van der Waals surface area contributed by atoms with Gasteiger partial charge < -0.3 is 15.1 Å². The Morgan fingerprint density at radius 1 is 1.35 bits per heavy atom. The minimum Gasteiger partial charge on any atom is -0.394 e. The molecule has 1 unspecified atom stereocenters. The van der Waals surface area contributed by atoms with Crippen LogP contribution in [-0.2, 0) is 13.0 Å². The van der Waals surface area contributed by atoms with Gasteiger partial charge in [-0.05, 0) is 37.2 Å². The van der Waals surface area contributed by atoms with Gasteiger partial charge in [-0.25, -0.2) is 8.97 Å². The predicted molar refractivity (Wildman–Crippen MR) is 123 cm³/mol. The average Bonchev–Trinajstić information content (AvgIpc) is 3.33. The van der Waals surface area contributed by atoms with Crippen LogP contribution < -0.4 is 5.56 Å². The van der Waals surface area contributed by atoms with Gasteiger partial charge in [-0.2, -0.15) is 0 Å². The van der Waals surface area contributed by atoms with Crippen molar-refractivity contribution < 1.29 is 10.2 Å². The largest absolute Gasteiger partial charge is 0.394 e. The zero-order chi connectivity index (χ0) is 21.7. The van der Waals surface area contributed by atoms with Crippen molar-refractivity contribution in [3.63, 3.8) is 0 Å². The Balaban J connectivity index is 1.83. The summed E-state index contributed by atoms with van der Waals surface area (Å²) in [4.78, 5) is 18.0. The summed E-state index contributed by atoms with van der Waals surface area (Å²) in [6.07, 6.45) is -0.0625. The SMILES string of the molecule is CN1CCc2c(sc3c2c(=O)n(-c2cccc(Cl)c2)c2nnc(SCC(O)CO)n32)C1. The van der Waals surface area contributed by atoms with Crippen LogP contribution in [0.15, 0.2) is 34.2 Å². The molecule has 0 spiro atoms. The zero-order valence-corrected chi connectivity index (χ0v) is 19.0. The van der Waals surface area contributed by atoms with Crippen LogP contribution in [-0.4, -0.2) is 66.3 Å². The molecule has 4 heterocycles. The molecule has 3 aromatic heterocycles. The molecule has 0 amide bonds. The fraction of sp³-hybridized carbons (Fsp3) is 0.350. The monoisotopic (exact) mass is 477 g/mol. The summed E-state index contributed by atoms with van der Waals surface area (Å²) in [6.45, 7) is 1.35. The van der Waals surface area contributed by atoms with E-state index in [4.69, 9.17) is 11.6 Å². The van der Waals surface area contributed by atoms with E-state index in [1.165, 1.54) is 16.6 Å². The maximum absolute atomic E-state index is 13.7. The number of fused-ring (bicyclic) bond motifs is 5. The number of thioether (sulfide) groups is 1. The standard InChI is InChI=1S/C20H20ClN5O3S2/c1-24-6-5-14-15(8-24)31-18-16(14)17(29)25(12-4-2-3-11(21)7-12)19-22-23-20(26(18)19)30-10-13(28)9-27/h2-4,7,13,27-28H,5-6,8-10H2,1H3. The van der Waals surface area contributed by atoms with Crippen molar-refractivity contribution in [3.05, 3.63) is 50.1 Å². The highest BCUT2D eigenvalue weighted by Gasteiger charge is 2.27. The fourth-order valence-electron chi connectivity index (χ4n) is 3.85. The normalized spacial score (nSPS) is 15.6. The molecule has 5 rings (SSSR count). The molecule has 11 heteroatoms. The van der Waals surface area contributed by atoms with Crippen LogP contribution in [0.3, 0.4) is 0 Å². The highest BCUT2D eigenvalue weighted by Crippen LogP contribution is 2.35. The van der Waals surface area contributed by atoms with E-state index in [1.54, 1.807) is 34.1 Å². The van der Waals surface area contributed by atoms with Crippen molar-refractivity contribution in [2.45, 2.75) is 24.2 Å². The number of rotatable bonds is 5. The van der Waals surface area contributed by atoms with Gasteiger partial charge in [0.05, 0.1) is 23.8 Å². The molecular formula is C20H20ClN5O3S2. The summed E-state index contributed by atoms with van der Waals surface area (Å²) >= 11 is 9.10. The van der Waals surface area contributed by atoms with E-state index < -0.39 is 6.10 Å². The first-order valence-corrected chi connectivity index (χ1v) is 12.0. The number of thiophene rings is 1. The number of likely N-dealkylation sites (N-methyl/N-ethyl adjacent to an activating group) is 1. The second-order valence-corrected chi connectivity index (χ2v) is 10.1. The topological polar surface area (TPSA) is 95.9 Å². The summed E-state index contributed by atoms with van der Waals surface area (Å²) in [5, 5.41) is 29.4. The number of aromatic nitrogens is 4. The van der Waals surface area contributed by atoms with E-state index in [-0.39, 0.29) is 17.9 Å². The van der Waals surface area contributed by atoms with Gasteiger partial charge in [-0.1, -0.05) is 29.4 Å². The zero-order valence-electron chi connectivity index (χ0n) is 16.7. The molecule has 0 radical (unpaired) electrons. The fourth-order valence-corrected chi connectivity index (χ4v) is 6.35. The lowest BCUT2D eigenvalue weighted by Crippen LogP contribution is -2.27. The van der Waals surface area contributed by atoms with Gasteiger partial charge in [0.15, 0.2) is 5.16 Å². The summed E-state index contributed by atoms with van der Waals surface area (Å²) in [5.74, 6) is 0.663. The molecule has 0 saturated carbocycles. The van der Waals surface area contributed by atoms with Crippen LogP contribution in [0.4, 0.5) is 0 Å². The van der Waals surface area contributed by atoms with Crippen LogP contribution in [0.25, 0.3) is 21.7 Å². The van der Waals surface area contributed by atoms with Crippen molar-refractivity contribution in [1.29, 1.82) is 0 Å². The number of hydrogen-bond donors (Lipinski definition) is 2. The number of aliphatic hydroxyl groups excluding tert-OH is 2. The molecule has 2 N–H and O–H groups in total. The van der Waals surface area contributed by atoms with Gasteiger partial charge in [-0.15, -0.1) is 21.5 Å². The van der Waals surface area contributed by atoms with Crippen molar-refractivity contribution in [2.24, 2.45) is 0 Å². The smallest absolute Gasteiger partial charge is 0.268 e. The number of halogens is 1. The van der Waals surface area contributed by atoms with E-state index >= 15 is 0 Å². The first-order chi connectivity index (χ1) is 15.0. The molecule has 31 heavy (non-hydrogen) atoms. The molecule has 1 aromatic carbocycles. The van der Waals surface area contributed by atoms with E-state index in [0.29, 0.717) is 27.0 Å². The van der Waals surface area contributed by atoms with E-state index in [0.717, 1.165) is 29.9 Å². The molecule has 0 bridgehead atoms. The molecule has 1 aliphatic rings. The van der Waals surface area contributed by atoms with Crippen molar-refractivity contribution in [3.8, 4) is 5.69 Å².